The molecule has 4 heteroatoms. The molecule has 2 atom stereocenters. The molecule has 1 aromatic heterocycles. The first-order valence-corrected chi connectivity index (χ1v) is 6.83. The van der Waals surface area contributed by atoms with Crippen molar-refractivity contribution in [2.24, 2.45) is 5.92 Å². The van der Waals surface area contributed by atoms with Crippen LogP contribution in [-0.4, -0.2) is 29.5 Å². The smallest absolute Gasteiger partial charge is 0.156 e. The zero-order valence-electron chi connectivity index (χ0n) is 11.4. The van der Waals surface area contributed by atoms with E-state index in [0.717, 1.165) is 41.9 Å². The van der Waals surface area contributed by atoms with E-state index in [-0.39, 0.29) is 0 Å². The van der Waals surface area contributed by atoms with Gasteiger partial charge in [0.05, 0.1) is 11.8 Å². The number of hydrogen-bond acceptors (Lipinski definition) is 4. The van der Waals surface area contributed by atoms with Crippen molar-refractivity contribution in [3.05, 3.63) is 30.0 Å². The summed E-state index contributed by atoms with van der Waals surface area (Å²) in [7, 11) is 0. The van der Waals surface area contributed by atoms with Crippen LogP contribution in [-0.2, 0) is 4.74 Å². The van der Waals surface area contributed by atoms with Gasteiger partial charge in [-0.25, -0.2) is 0 Å². The van der Waals surface area contributed by atoms with Gasteiger partial charge in [-0.05, 0) is 20.3 Å². The summed E-state index contributed by atoms with van der Waals surface area (Å²) in [5.41, 5.74) is 0.971. The van der Waals surface area contributed by atoms with Crippen LogP contribution in [0.5, 0.6) is 0 Å². The van der Waals surface area contributed by atoms with Crippen LogP contribution in [0.15, 0.2) is 24.3 Å². The zero-order valence-corrected chi connectivity index (χ0v) is 11.4. The van der Waals surface area contributed by atoms with E-state index in [0.29, 0.717) is 12.0 Å². The van der Waals surface area contributed by atoms with Gasteiger partial charge in [-0.15, -0.1) is 5.10 Å². The predicted molar refractivity (Wildman–Crippen MR) is 76.3 cm³/mol. The fourth-order valence-corrected chi connectivity index (χ4v) is 2.64. The monoisotopic (exact) mass is 257 g/mol. The normalized spacial score (nSPS) is 22.8. The van der Waals surface area contributed by atoms with Gasteiger partial charge in [0.15, 0.2) is 5.82 Å². The van der Waals surface area contributed by atoms with Crippen molar-refractivity contribution in [1.29, 1.82) is 0 Å². The topological polar surface area (TPSA) is 47.0 Å². The molecule has 1 fully saturated rings. The molecule has 1 aliphatic rings. The van der Waals surface area contributed by atoms with Crippen molar-refractivity contribution in [3.63, 3.8) is 0 Å². The molecule has 0 spiro atoms. The molecule has 1 aromatic carbocycles. The van der Waals surface area contributed by atoms with Gasteiger partial charge in [-0.3, -0.25) is 0 Å². The summed E-state index contributed by atoms with van der Waals surface area (Å²) in [6.45, 7) is 5.89. The maximum absolute atomic E-state index is 5.58. The first kappa shape index (κ1) is 12.4. The molecule has 2 heterocycles. The van der Waals surface area contributed by atoms with Gasteiger partial charge >= 0.3 is 0 Å². The minimum Gasteiger partial charge on any atom is -0.378 e. The van der Waals surface area contributed by atoms with E-state index in [1.807, 2.05) is 19.1 Å². The van der Waals surface area contributed by atoms with Crippen LogP contribution in [0, 0.1) is 12.8 Å². The number of benzene rings is 1. The van der Waals surface area contributed by atoms with Gasteiger partial charge < -0.3 is 10.1 Å². The standard InChI is InChI=1S/C15H19N3O/c1-10-13-5-3-4-6-14(13)15(18-17-10)16-9-12-7-8-19-11(12)2/h3-6,11-12H,7-9H2,1-2H3,(H,16,18). The second-order valence-corrected chi connectivity index (χ2v) is 5.19. The van der Waals surface area contributed by atoms with Crippen LogP contribution in [0.1, 0.15) is 19.0 Å². The first-order chi connectivity index (χ1) is 9.25. The van der Waals surface area contributed by atoms with E-state index >= 15 is 0 Å². The molecule has 0 bridgehead atoms. The number of nitrogens with zero attached hydrogens (tertiary/aromatic N) is 2. The quantitative estimate of drug-likeness (QED) is 0.918. The number of hydrogen-bond donors (Lipinski definition) is 1. The largest absolute Gasteiger partial charge is 0.378 e. The minimum atomic E-state index is 0.331. The molecule has 1 saturated heterocycles. The van der Waals surface area contributed by atoms with Crippen LogP contribution in [0.25, 0.3) is 10.8 Å². The summed E-state index contributed by atoms with van der Waals surface area (Å²) in [6, 6.07) is 8.25. The highest BCUT2D eigenvalue weighted by molar-refractivity contribution is 5.92. The molecule has 4 nitrogen and oxygen atoms in total. The number of aromatic nitrogens is 2. The van der Waals surface area contributed by atoms with Crippen molar-refractivity contribution in [3.8, 4) is 0 Å². The van der Waals surface area contributed by atoms with Gasteiger partial charge in [0.1, 0.15) is 0 Å². The summed E-state index contributed by atoms with van der Waals surface area (Å²) in [4.78, 5) is 0. The molecular formula is C15H19N3O. The van der Waals surface area contributed by atoms with Crippen LogP contribution in [0.4, 0.5) is 5.82 Å². The van der Waals surface area contributed by atoms with E-state index in [9.17, 15) is 0 Å². The average molecular weight is 257 g/mol. The Balaban J connectivity index is 1.83. The summed E-state index contributed by atoms with van der Waals surface area (Å²) < 4.78 is 5.58. The molecule has 1 N–H and O–H groups in total. The number of fused-ring (bicyclic) bond motifs is 1. The molecule has 2 aromatic rings. The summed E-state index contributed by atoms with van der Waals surface area (Å²) in [5, 5.41) is 14.3. The molecule has 19 heavy (non-hydrogen) atoms. The summed E-state index contributed by atoms with van der Waals surface area (Å²) in [5.74, 6) is 1.43. The van der Waals surface area contributed by atoms with Gasteiger partial charge in [-0.2, -0.15) is 5.10 Å². The number of nitrogens with one attached hydrogen (secondary N) is 1. The van der Waals surface area contributed by atoms with Crippen molar-refractivity contribution < 1.29 is 4.74 Å². The lowest BCUT2D eigenvalue weighted by molar-refractivity contribution is 0.108. The molecule has 3 rings (SSSR count). The van der Waals surface area contributed by atoms with Gasteiger partial charge in [0, 0.05) is 29.8 Å². The Morgan fingerprint density at radius 2 is 2.05 bits per heavy atom. The van der Waals surface area contributed by atoms with Crippen molar-refractivity contribution >= 4 is 16.6 Å². The Bertz CT molecular complexity index is 585. The molecule has 0 amide bonds. The fraction of sp³-hybridized carbons (Fsp3) is 0.467. The number of aryl methyl sites for hydroxylation is 1. The van der Waals surface area contributed by atoms with E-state index in [4.69, 9.17) is 4.74 Å². The van der Waals surface area contributed by atoms with E-state index < -0.39 is 0 Å². The van der Waals surface area contributed by atoms with Gasteiger partial charge in [0.2, 0.25) is 0 Å². The van der Waals surface area contributed by atoms with Crippen LogP contribution < -0.4 is 5.32 Å². The Kier molecular flexibility index (Phi) is 3.34. The highest BCUT2D eigenvalue weighted by Gasteiger charge is 2.24. The van der Waals surface area contributed by atoms with E-state index in [1.54, 1.807) is 0 Å². The predicted octanol–water partition coefficient (Wildman–Crippen LogP) is 2.78. The second kappa shape index (κ2) is 5.13. The molecule has 0 radical (unpaired) electrons. The Hall–Kier alpha value is -1.68. The van der Waals surface area contributed by atoms with Crippen LogP contribution in [0.3, 0.4) is 0 Å². The highest BCUT2D eigenvalue weighted by atomic mass is 16.5. The Labute approximate surface area is 113 Å². The molecule has 0 saturated carbocycles. The highest BCUT2D eigenvalue weighted by Crippen LogP contribution is 2.24. The second-order valence-electron chi connectivity index (χ2n) is 5.19. The third-order valence-electron chi connectivity index (χ3n) is 3.94. The maximum atomic E-state index is 5.58. The maximum Gasteiger partial charge on any atom is 0.156 e. The third-order valence-corrected chi connectivity index (χ3v) is 3.94. The number of rotatable bonds is 3. The van der Waals surface area contributed by atoms with Gasteiger partial charge in [-0.1, -0.05) is 24.3 Å². The first-order valence-electron chi connectivity index (χ1n) is 6.83. The molecule has 0 aliphatic carbocycles. The van der Waals surface area contributed by atoms with Crippen molar-refractivity contribution in [2.75, 3.05) is 18.5 Å². The average Bonchev–Trinajstić information content (AvgIpc) is 2.84. The van der Waals surface area contributed by atoms with E-state index in [1.165, 1.54) is 0 Å². The zero-order chi connectivity index (χ0) is 13.2. The Morgan fingerprint density at radius 3 is 2.79 bits per heavy atom. The van der Waals surface area contributed by atoms with Gasteiger partial charge in [0.25, 0.3) is 0 Å². The van der Waals surface area contributed by atoms with Crippen molar-refractivity contribution in [1.82, 2.24) is 10.2 Å². The van der Waals surface area contributed by atoms with Crippen LogP contribution in [0.2, 0.25) is 0 Å². The lowest BCUT2D eigenvalue weighted by atomic mass is 10.0. The van der Waals surface area contributed by atoms with Crippen molar-refractivity contribution in [2.45, 2.75) is 26.4 Å². The SMILES string of the molecule is Cc1nnc(NCC2CCOC2C)c2ccccc12. The molecule has 100 valence electrons. The number of ether oxygens (including phenoxy) is 1. The third kappa shape index (κ3) is 2.40. The minimum absolute atomic E-state index is 0.331. The lowest BCUT2D eigenvalue weighted by Crippen LogP contribution is -2.21. The Morgan fingerprint density at radius 1 is 1.26 bits per heavy atom. The fourth-order valence-electron chi connectivity index (χ4n) is 2.64. The molecular weight excluding hydrogens is 238 g/mol. The summed E-state index contributed by atoms with van der Waals surface area (Å²) >= 11 is 0. The molecule has 1 aliphatic heterocycles. The molecule has 2 unspecified atom stereocenters. The van der Waals surface area contributed by atoms with Crippen LogP contribution >= 0.6 is 0 Å². The van der Waals surface area contributed by atoms with E-state index in [2.05, 4.69) is 34.6 Å². The number of anilines is 1. The lowest BCUT2D eigenvalue weighted by Gasteiger charge is -2.16. The summed E-state index contributed by atoms with van der Waals surface area (Å²) in [6.07, 6.45) is 1.45.